The summed E-state index contributed by atoms with van der Waals surface area (Å²) in [5, 5.41) is 11.7. The maximum atomic E-state index is 12.1. The summed E-state index contributed by atoms with van der Waals surface area (Å²) >= 11 is 0. The second kappa shape index (κ2) is 6.53. The molecule has 0 saturated carbocycles. The zero-order valence-electron chi connectivity index (χ0n) is 13.5. The van der Waals surface area contributed by atoms with E-state index >= 15 is 0 Å². The van der Waals surface area contributed by atoms with Crippen LogP contribution in [0.4, 0.5) is 5.69 Å². The third-order valence-corrected chi connectivity index (χ3v) is 3.65. The van der Waals surface area contributed by atoms with Crippen LogP contribution >= 0.6 is 0 Å². The minimum absolute atomic E-state index is 0.0928. The van der Waals surface area contributed by atoms with Gasteiger partial charge in [0, 0.05) is 25.0 Å². The molecule has 0 atom stereocenters. The number of nitrogens with one attached hydrogen (secondary N) is 1. The van der Waals surface area contributed by atoms with Gasteiger partial charge in [-0.15, -0.1) is 0 Å². The number of hydrogen-bond donors (Lipinski definition) is 2. The van der Waals surface area contributed by atoms with E-state index in [0.717, 1.165) is 9.13 Å². The first-order valence-corrected chi connectivity index (χ1v) is 7.11. The number of aromatic carboxylic acids is 1. The molecule has 1 amide bonds. The van der Waals surface area contributed by atoms with Crippen molar-refractivity contribution in [3.05, 3.63) is 61.9 Å². The zero-order chi connectivity index (χ0) is 18.0. The first-order valence-electron chi connectivity index (χ1n) is 7.11. The molecule has 0 unspecified atom stereocenters. The average Bonchev–Trinajstić information content (AvgIpc) is 2.50. The lowest BCUT2D eigenvalue weighted by Crippen LogP contribution is -2.39. The molecule has 0 saturated heterocycles. The standard InChI is InChI=1S/C16H17N3O5/c1-9-6-10(2)12(7-11(9)15(22)23)17-13(20)8-19-5-4-14(21)18(3)16(19)24/h4-7H,8H2,1-3H3,(H,17,20)(H,22,23). The van der Waals surface area contributed by atoms with Crippen LogP contribution in [0, 0.1) is 13.8 Å². The molecule has 2 aromatic rings. The first kappa shape index (κ1) is 17.2. The largest absolute Gasteiger partial charge is 0.478 e. The lowest BCUT2D eigenvalue weighted by atomic mass is 10.0. The number of amides is 1. The topological polar surface area (TPSA) is 110 Å². The summed E-state index contributed by atoms with van der Waals surface area (Å²) in [6, 6.07) is 4.24. The third kappa shape index (κ3) is 3.43. The highest BCUT2D eigenvalue weighted by molar-refractivity contribution is 5.95. The molecule has 8 nitrogen and oxygen atoms in total. The van der Waals surface area contributed by atoms with Crippen LogP contribution in [0.3, 0.4) is 0 Å². The van der Waals surface area contributed by atoms with E-state index in [4.69, 9.17) is 5.11 Å². The fourth-order valence-electron chi connectivity index (χ4n) is 2.30. The van der Waals surface area contributed by atoms with Crippen molar-refractivity contribution in [2.75, 3.05) is 5.32 Å². The van der Waals surface area contributed by atoms with Crippen LogP contribution in [0.1, 0.15) is 21.5 Å². The number of aryl methyl sites for hydroxylation is 2. The van der Waals surface area contributed by atoms with E-state index < -0.39 is 23.1 Å². The van der Waals surface area contributed by atoms with Gasteiger partial charge in [0.2, 0.25) is 5.91 Å². The van der Waals surface area contributed by atoms with Crippen molar-refractivity contribution >= 4 is 17.6 Å². The van der Waals surface area contributed by atoms with Crippen LogP contribution in [-0.4, -0.2) is 26.1 Å². The second-order valence-electron chi connectivity index (χ2n) is 5.46. The molecule has 1 heterocycles. The van der Waals surface area contributed by atoms with Crippen molar-refractivity contribution < 1.29 is 14.7 Å². The Labute approximate surface area is 137 Å². The number of aromatic nitrogens is 2. The number of carboxylic acids is 1. The fraction of sp³-hybridized carbons (Fsp3) is 0.250. The lowest BCUT2D eigenvalue weighted by Gasteiger charge is -2.12. The van der Waals surface area contributed by atoms with E-state index in [-0.39, 0.29) is 12.1 Å². The Morgan fingerprint density at radius 2 is 1.83 bits per heavy atom. The van der Waals surface area contributed by atoms with Crippen molar-refractivity contribution in [1.82, 2.24) is 9.13 Å². The Morgan fingerprint density at radius 1 is 1.17 bits per heavy atom. The number of carbonyl (C=O) groups is 2. The van der Waals surface area contributed by atoms with Gasteiger partial charge >= 0.3 is 11.7 Å². The molecule has 24 heavy (non-hydrogen) atoms. The Balaban J connectivity index is 2.26. The van der Waals surface area contributed by atoms with Crippen molar-refractivity contribution in [3.8, 4) is 0 Å². The molecule has 1 aromatic carbocycles. The van der Waals surface area contributed by atoms with E-state index in [1.54, 1.807) is 19.9 Å². The van der Waals surface area contributed by atoms with E-state index in [1.807, 2.05) is 0 Å². The van der Waals surface area contributed by atoms with Gasteiger partial charge in [-0.3, -0.25) is 18.7 Å². The summed E-state index contributed by atoms with van der Waals surface area (Å²) < 4.78 is 1.99. The van der Waals surface area contributed by atoms with Gasteiger partial charge in [0.15, 0.2) is 0 Å². The third-order valence-electron chi connectivity index (χ3n) is 3.65. The van der Waals surface area contributed by atoms with Crippen LogP contribution < -0.4 is 16.6 Å². The van der Waals surface area contributed by atoms with Crippen molar-refractivity contribution in [2.45, 2.75) is 20.4 Å². The second-order valence-corrected chi connectivity index (χ2v) is 5.46. The molecule has 8 heteroatoms. The number of rotatable bonds is 4. The Kier molecular flexibility index (Phi) is 4.68. The van der Waals surface area contributed by atoms with Crippen molar-refractivity contribution in [3.63, 3.8) is 0 Å². The summed E-state index contributed by atoms with van der Waals surface area (Å²) in [6.07, 6.45) is 1.24. The molecule has 0 aliphatic rings. The Hall–Kier alpha value is -3.16. The normalized spacial score (nSPS) is 10.5. The van der Waals surface area contributed by atoms with Gasteiger partial charge in [0.25, 0.3) is 5.56 Å². The van der Waals surface area contributed by atoms with Crippen LogP contribution in [-0.2, 0) is 18.4 Å². The number of benzene rings is 1. The molecular weight excluding hydrogens is 314 g/mol. The lowest BCUT2D eigenvalue weighted by molar-refractivity contribution is -0.116. The van der Waals surface area contributed by atoms with E-state index in [0.29, 0.717) is 16.8 Å². The van der Waals surface area contributed by atoms with Gasteiger partial charge in [0.05, 0.1) is 5.56 Å². The predicted molar refractivity (Wildman–Crippen MR) is 87.4 cm³/mol. The van der Waals surface area contributed by atoms with E-state index in [1.165, 1.54) is 25.4 Å². The Morgan fingerprint density at radius 3 is 2.46 bits per heavy atom. The van der Waals surface area contributed by atoms with Crippen molar-refractivity contribution in [2.24, 2.45) is 7.05 Å². The molecular formula is C16H17N3O5. The zero-order valence-corrected chi connectivity index (χ0v) is 13.5. The maximum absolute atomic E-state index is 12.1. The van der Waals surface area contributed by atoms with Crippen LogP contribution in [0.2, 0.25) is 0 Å². The number of nitrogens with zero attached hydrogens (tertiary/aromatic N) is 2. The highest BCUT2D eigenvalue weighted by Gasteiger charge is 2.13. The molecule has 0 bridgehead atoms. The maximum Gasteiger partial charge on any atom is 0.336 e. The van der Waals surface area contributed by atoms with Gasteiger partial charge in [0.1, 0.15) is 6.54 Å². The fourth-order valence-corrected chi connectivity index (χ4v) is 2.30. The molecule has 1 aromatic heterocycles. The van der Waals surface area contributed by atoms with Gasteiger partial charge in [-0.25, -0.2) is 9.59 Å². The Bertz CT molecular complexity index is 940. The van der Waals surface area contributed by atoms with Gasteiger partial charge in [-0.2, -0.15) is 0 Å². The summed E-state index contributed by atoms with van der Waals surface area (Å²) in [5.74, 6) is -1.59. The first-order chi connectivity index (χ1) is 11.2. The van der Waals surface area contributed by atoms with E-state index in [9.17, 15) is 19.2 Å². The molecule has 126 valence electrons. The highest BCUT2D eigenvalue weighted by atomic mass is 16.4. The van der Waals surface area contributed by atoms with Crippen LogP contribution in [0.5, 0.6) is 0 Å². The summed E-state index contributed by atoms with van der Waals surface area (Å²) in [6.45, 7) is 3.13. The monoisotopic (exact) mass is 331 g/mol. The smallest absolute Gasteiger partial charge is 0.336 e. The molecule has 2 rings (SSSR count). The summed E-state index contributed by atoms with van der Waals surface area (Å²) in [4.78, 5) is 46.6. The minimum atomic E-state index is -1.09. The van der Waals surface area contributed by atoms with Gasteiger partial charge in [-0.1, -0.05) is 6.07 Å². The number of hydrogen-bond acceptors (Lipinski definition) is 4. The van der Waals surface area contributed by atoms with Crippen LogP contribution in [0.15, 0.2) is 34.0 Å². The summed E-state index contributed by atoms with van der Waals surface area (Å²) in [5.41, 5.74) is 0.684. The molecule has 0 aliphatic heterocycles. The summed E-state index contributed by atoms with van der Waals surface area (Å²) in [7, 11) is 1.32. The molecule has 0 spiro atoms. The SMILES string of the molecule is Cc1cc(C)c(C(=O)O)cc1NC(=O)Cn1ccc(=O)n(C)c1=O. The van der Waals surface area contributed by atoms with E-state index in [2.05, 4.69) is 5.32 Å². The van der Waals surface area contributed by atoms with Gasteiger partial charge < -0.3 is 10.4 Å². The number of anilines is 1. The minimum Gasteiger partial charge on any atom is -0.478 e. The molecule has 0 radical (unpaired) electrons. The number of carboxylic acid groups (broad SMARTS) is 1. The molecule has 0 fully saturated rings. The van der Waals surface area contributed by atoms with Crippen molar-refractivity contribution in [1.29, 1.82) is 0 Å². The average molecular weight is 331 g/mol. The predicted octanol–water partition coefficient (Wildman–Crippen LogP) is 0.501. The van der Waals surface area contributed by atoms with Crippen LogP contribution in [0.25, 0.3) is 0 Å². The quantitative estimate of drug-likeness (QED) is 0.848. The molecule has 0 aliphatic carbocycles. The molecule has 2 N–H and O–H groups in total. The number of carbonyl (C=O) groups excluding carboxylic acids is 1. The van der Waals surface area contributed by atoms with Gasteiger partial charge in [-0.05, 0) is 31.0 Å². The highest BCUT2D eigenvalue weighted by Crippen LogP contribution is 2.20.